The Kier molecular flexibility index (Phi) is 6.70. The lowest BCUT2D eigenvalue weighted by Crippen LogP contribution is -2.48. The topological polar surface area (TPSA) is 30.0 Å². The molecular weight excluding hydrogens is 372 g/mol. The number of carbonyl (C=O) groups excluding carboxylic acids is 1. The molecule has 2 aliphatic heterocycles. The molecule has 0 aliphatic carbocycles. The van der Waals surface area contributed by atoms with Crippen molar-refractivity contribution in [1.82, 2.24) is 9.80 Å². The van der Waals surface area contributed by atoms with E-state index in [9.17, 15) is 4.79 Å². The quantitative estimate of drug-likeness (QED) is 0.673. The van der Waals surface area contributed by atoms with Gasteiger partial charge in [0.2, 0.25) is 5.91 Å². The van der Waals surface area contributed by atoms with Crippen molar-refractivity contribution in [2.75, 3.05) is 62.2 Å². The number of hydrogen-bond donors (Lipinski definition) is 0. The number of fused-ring (bicyclic) bond motifs is 1. The van der Waals surface area contributed by atoms with Gasteiger partial charge in [-0.3, -0.25) is 14.6 Å². The molecule has 2 heterocycles. The fourth-order valence-corrected chi connectivity index (χ4v) is 4.65. The van der Waals surface area contributed by atoms with E-state index in [0.717, 1.165) is 64.6 Å². The van der Waals surface area contributed by atoms with E-state index >= 15 is 0 Å². The molecule has 2 aliphatic rings. The van der Waals surface area contributed by atoms with Crippen molar-refractivity contribution in [3.63, 3.8) is 0 Å². The summed E-state index contributed by atoms with van der Waals surface area (Å²) in [6.45, 7) is 13.4. The lowest BCUT2D eigenvalue weighted by molar-refractivity contribution is -0.117. The second kappa shape index (κ2) is 9.63. The Morgan fingerprint density at radius 3 is 2.27 bits per heavy atom. The average molecular weight is 407 g/mol. The monoisotopic (exact) mass is 406 g/mol. The Morgan fingerprint density at radius 2 is 1.57 bits per heavy atom. The maximum Gasteiger partial charge on any atom is 0.231 e. The van der Waals surface area contributed by atoms with Crippen LogP contribution in [-0.4, -0.2) is 68.1 Å². The third-order valence-electron chi connectivity index (χ3n) is 6.48. The van der Waals surface area contributed by atoms with Gasteiger partial charge in [0.15, 0.2) is 0 Å². The zero-order valence-corrected chi connectivity index (χ0v) is 18.4. The lowest BCUT2D eigenvalue weighted by Gasteiger charge is -2.35. The van der Waals surface area contributed by atoms with Crippen LogP contribution in [0, 0.1) is 0 Å². The van der Waals surface area contributed by atoms with Crippen molar-refractivity contribution in [3.05, 3.63) is 59.7 Å². The first-order valence-corrected chi connectivity index (χ1v) is 11.3. The third-order valence-corrected chi connectivity index (χ3v) is 6.48. The highest BCUT2D eigenvalue weighted by molar-refractivity contribution is 6.01. The first kappa shape index (κ1) is 20.9. The molecule has 30 heavy (non-hydrogen) atoms. The van der Waals surface area contributed by atoms with E-state index in [4.69, 9.17) is 0 Å². The van der Waals surface area contributed by atoms with Crippen LogP contribution in [0.3, 0.4) is 0 Å². The molecule has 0 bridgehead atoms. The molecule has 5 heteroatoms. The van der Waals surface area contributed by atoms with Crippen molar-refractivity contribution in [1.29, 1.82) is 0 Å². The summed E-state index contributed by atoms with van der Waals surface area (Å²) in [6.07, 6.45) is 0.537. The van der Waals surface area contributed by atoms with E-state index in [1.165, 1.54) is 16.8 Å². The number of carbonyl (C=O) groups is 1. The summed E-state index contributed by atoms with van der Waals surface area (Å²) >= 11 is 0. The SMILES string of the molecule is CCN(CC)c1ccc2c(c1)CC(=O)N2CCN1CCN(Cc2ccccc2)CC1. The van der Waals surface area contributed by atoms with Crippen molar-refractivity contribution < 1.29 is 4.79 Å². The van der Waals surface area contributed by atoms with Crippen molar-refractivity contribution in [2.45, 2.75) is 26.8 Å². The molecule has 4 rings (SSSR count). The molecule has 0 N–H and O–H groups in total. The van der Waals surface area contributed by atoms with Crippen LogP contribution in [0.15, 0.2) is 48.5 Å². The van der Waals surface area contributed by atoms with Crippen LogP contribution in [-0.2, 0) is 17.8 Å². The fraction of sp³-hybridized carbons (Fsp3) is 0.480. The number of piperazine rings is 1. The highest BCUT2D eigenvalue weighted by atomic mass is 16.2. The molecule has 0 unspecified atom stereocenters. The van der Waals surface area contributed by atoms with Crippen molar-refractivity contribution in [2.24, 2.45) is 0 Å². The summed E-state index contributed by atoms with van der Waals surface area (Å²) in [7, 11) is 0. The van der Waals surface area contributed by atoms with Gasteiger partial charge in [-0.1, -0.05) is 30.3 Å². The number of rotatable bonds is 8. The van der Waals surface area contributed by atoms with Gasteiger partial charge in [0, 0.05) is 70.3 Å². The zero-order chi connectivity index (χ0) is 20.9. The van der Waals surface area contributed by atoms with Crippen LogP contribution in [0.25, 0.3) is 0 Å². The summed E-state index contributed by atoms with van der Waals surface area (Å²) in [5.74, 6) is 0.240. The Balaban J connectivity index is 1.29. The Bertz CT molecular complexity index is 841. The predicted molar refractivity (Wildman–Crippen MR) is 124 cm³/mol. The van der Waals surface area contributed by atoms with Gasteiger partial charge in [-0.25, -0.2) is 0 Å². The van der Waals surface area contributed by atoms with Gasteiger partial charge in [-0.15, -0.1) is 0 Å². The van der Waals surface area contributed by atoms with Gasteiger partial charge in [0.25, 0.3) is 0 Å². The second-order valence-electron chi connectivity index (χ2n) is 8.31. The number of amides is 1. The van der Waals surface area contributed by atoms with E-state index in [-0.39, 0.29) is 5.91 Å². The van der Waals surface area contributed by atoms with E-state index in [1.807, 2.05) is 4.90 Å². The van der Waals surface area contributed by atoms with E-state index < -0.39 is 0 Å². The van der Waals surface area contributed by atoms with E-state index in [0.29, 0.717) is 6.42 Å². The Hall–Kier alpha value is -2.37. The minimum absolute atomic E-state index is 0.240. The second-order valence-corrected chi connectivity index (χ2v) is 8.31. The van der Waals surface area contributed by atoms with Crippen LogP contribution in [0.1, 0.15) is 25.0 Å². The Labute approximate surface area is 180 Å². The number of anilines is 2. The molecule has 2 aromatic rings. The van der Waals surface area contributed by atoms with Crippen LogP contribution < -0.4 is 9.80 Å². The number of nitrogens with zero attached hydrogens (tertiary/aromatic N) is 4. The number of benzene rings is 2. The third kappa shape index (κ3) is 4.68. The maximum atomic E-state index is 12.7. The van der Waals surface area contributed by atoms with Crippen LogP contribution >= 0.6 is 0 Å². The molecular formula is C25H34N4O. The lowest BCUT2D eigenvalue weighted by atomic mass is 10.1. The smallest absolute Gasteiger partial charge is 0.231 e. The van der Waals surface area contributed by atoms with Crippen LogP contribution in [0.2, 0.25) is 0 Å². The molecule has 0 saturated carbocycles. The molecule has 1 fully saturated rings. The molecule has 1 amide bonds. The Morgan fingerprint density at radius 1 is 0.867 bits per heavy atom. The summed E-state index contributed by atoms with van der Waals surface area (Å²) in [4.78, 5) is 22.0. The number of hydrogen-bond acceptors (Lipinski definition) is 4. The predicted octanol–water partition coefficient (Wildman–Crippen LogP) is 3.24. The van der Waals surface area contributed by atoms with Gasteiger partial charge in [-0.2, -0.15) is 0 Å². The van der Waals surface area contributed by atoms with Gasteiger partial charge < -0.3 is 9.80 Å². The molecule has 0 radical (unpaired) electrons. The van der Waals surface area contributed by atoms with Gasteiger partial charge in [0.1, 0.15) is 0 Å². The first-order chi connectivity index (χ1) is 14.7. The van der Waals surface area contributed by atoms with E-state index in [1.54, 1.807) is 0 Å². The summed E-state index contributed by atoms with van der Waals surface area (Å²) in [6, 6.07) is 17.2. The summed E-state index contributed by atoms with van der Waals surface area (Å²) < 4.78 is 0. The normalized spacial score (nSPS) is 17.4. The van der Waals surface area contributed by atoms with Crippen LogP contribution in [0.5, 0.6) is 0 Å². The molecule has 0 atom stereocenters. The minimum Gasteiger partial charge on any atom is -0.372 e. The van der Waals surface area contributed by atoms with Gasteiger partial charge in [0.05, 0.1) is 6.42 Å². The summed E-state index contributed by atoms with van der Waals surface area (Å²) in [5, 5.41) is 0. The maximum absolute atomic E-state index is 12.7. The molecule has 5 nitrogen and oxygen atoms in total. The van der Waals surface area contributed by atoms with Gasteiger partial charge in [-0.05, 0) is 43.2 Å². The molecule has 160 valence electrons. The van der Waals surface area contributed by atoms with Crippen molar-refractivity contribution >= 4 is 17.3 Å². The molecule has 0 spiro atoms. The van der Waals surface area contributed by atoms with Crippen molar-refractivity contribution in [3.8, 4) is 0 Å². The summed E-state index contributed by atoms with van der Waals surface area (Å²) in [5.41, 5.74) is 4.90. The highest BCUT2D eigenvalue weighted by Gasteiger charge is 2.28. The zero-order valence-electron chi connectivity index (χ0n) is 18.4. The fourth-order valence-electron chi connectivity index (χ4n) is 4.65. The van der Waals surface area contributed by atoms with Gasteiger partial charge >= 0.3 is 0 Å². The van der Waals surface area contributed by atoms with Crippen LogP contribution in [0.4, 0.5) is 11.4 Å². The average Bonchev–Trinajstić information content (AvgIpc) is 3.09. The molecule has 2 aromatic carbocycles. The standard InChI is InChI=1S/C25H34N4O/c1-3-28(4-2)23-10-11-24-22(18-23)19-25(30)29(24)17-16-26-12-14-27(15-13-26)20-21-8-6-5-7-9-21/h5-11,18H,3-4,12-17,19-20H2,1-2H3. The largest absolute Gasteiger partial charge is 0.372 e. The molecule has 1 saturated heterocycles. The minimum atomic E-state index is 0.240. The highest BCUT2D eigenvalue weighted by Crippen LogP contribution is 2.32. The first-order valence-electron chi connectivity index (χ1n) is 11.3. The molecule has 0 aromatic heterocycles. The van der Waals surface area contributed by atoms with E-state index in [2.05, 4.69) is 77.1 Å².